The standard InChI is InChI=1S/C16H18BrN/c1-3-18-16(13-7-5-4-6-8-13)14-9-10-15(17)12(2)11-14/h4-11,16,18H,3H2,1-2H3. The molecule has 0 bridgehead atoms. The molecule has 1 unspecified atom stereocenters. The van der Waals surface area contributed by atoms with Gasteiger partial charge in [-0.2, -0.15) is 0 Å². The SMILES string of the molecule is CCNC(c1ccccc1)c1ccc(Br)c(C)c1. The lowest BCUT2D eigenvalue weighted by Gasteiger charge is -2.19. The van der Waals surface area contributed by atoms with Crippen LogP contribution in [0.4, 0.5) is 0 Å². The first kappa shape index (κ1) is 13.3. The molecule has 2 rings (SSSR count). The normalized spacial score (nSPS) is 12.4. The Labute approximate surface area is 117 Å². The average Bonchev–Trinajstić information content (AvgIpc) is 2.40. The maximum Gasteiger partial charge on any atom is 0.0576 e. The molecule has 0 aliphatic carbocycles. The van der Waals surface area contributed by atoms with Gasteiger partial charge in [0.05, 0.1) is 6.04 Å². The van der Waals surface area contributed by atoms with Crippen molar-refractivity contribution in [2.24, 2.45) is 0 Å². The molecule has 0 radical (unpaired) electrons. The van der Waals surface area contributed by atoms with E-state index in [2.05, 4.69) is 83.6 Å². The summed E-state index contributed by atoms with van der Waals surface area (Å²) in [6, 6.07) is 17.4. The van der Waals surface area contributed by atoms with E-state index in [-0.39, 0.29) is 6.04 Å². The molecule has 1 N–H and O–H groups in total. The van der Waals surface area contributed by atoms with Gasteiger partial charge in [0.2, 0.25) is 0 Å². The largest absolute Gasteiger partial charge is 0.307 e. The molecule has 0 aliphatic rings. The highest BCUT2D eigenvalue weighted by Crippen LogP contribution is 2.25. The second-order valence-electron chi connectivity index (χ2n) is 4.41. The van der Waals surface area contributed by atoms with Crippen molar-refractivity contribution in [3.05, 3.63) is 69.7 Å². The molecule has 0 heterocycles. The fourth-order valence-corrected chi connectivity index (χ4v) is 2.37. The summed E-state index contributed by atoms with van der Waals surface area (Å²) in [7, 11) is 0. The average molecular weight is 304 g/mol. The maximum atomic E-state index is 3.55. The quantitative estimate of drug-likeness (QED) is 0.879. The third-order valence-electron chi connectivity index (χ3n) is 3.06. The summed E-state index contributed by atoms with van der Waals surface area (Å²) in [5, 5.41) is 3.55. The van der Waals surface area contributed by atoms with Crippen molar-refractivity contribution in [3.8, 4) is 0 Å². The second-order valence-corrected chi connectivity index (χ2v) is 5.26. The molecule has 0 saturated heterocycles. The Morgan fingerprint density at radius 3 is 2.39 bits per heavy atom. The minimum absolute atomic E-state index is 0.267. The van der Waals surface area contributed by atoms with Crippen molar-refractivity contribution in [1.29, 1.82) is 0 Å². The van der Waals surface area contributed by atoms with E-state index in [4.69, 9.17) is 0 Å². The highest BCUT2D eigenvalue weighted by molar-refractivity contribution is 9.10. The molecule has 0 fully saturated rings. The van der Waals surface area contributed by atoms with Gasteiger partial charge in [-0.25, -0.2) is 0 Å². The molecular weight excluding hydrogens is 286 g/mol. The van der Waals surface area contributed by atoms with E-state index in [1.807, 2.05) is 0 Å². The Balaban J connectivity index is 2.38. The lowest BCUT2D eigenvalue weighted by atomic mass is 9.97. The number of aryl methyl sites for hydroxylation is 1. The summed E-state index contributed by atoms with van der Waals surface area (Å²) in [5.41, 5.74) is 3.89. The first-order chi connectivity index (χ1) is 8.72. The highest BCUT2D eigenvalue weighted by atomic mass is 79.9. The van der Waals surface area contributed by atoms with Crippen LogP contribution in [0.5, 0.6) is 0 Å². The van der Waals surface area contributed by atoms with Crippen LogP contribution in [0.15, 0.2) is 53.0 Å². The van der Waals surface area contributed by atoms with Crippen LogP contribution in [0.2, 0.25) is 0 Å². The Morgan fingerprint density at radius 2 is 1.78 bits per heavy atom. The van der Waals surface area contributed by atoms with Crippen molar-refractivity contribution >= 4 is 15.9 Å². The van der Waals surface area contributed by atoms with E-state index in [1.165, 1.54) is 16.7 Å². The monoisotopic (exact) mass is 303 g/mol. The van der Waals surface area contributed by atoms with Crippen LogP contribution >= 0.6 is 15.9 Å². The van der Waals surface area contributed by atoms with Crippen LogP contribution in [0.3, 0.4) is 0 Å². The lowest BCUT2D eigenvalue weighted by Crippen LogP contribution is -2.22. The molecule has 94 valence electrons. The van der Waals surface area contributed by atoms with Crippen molar-refractivity contribution in [3.63, 3.8) is 0 Å². The van der Waals surface area contributed by atoms with E-state index in [1.54, 1.807) is 0 Å². The third kappa shape index (κ3) is 3.01. The molecule has 0 aliphatic heterocycles. The first-order valence-electron chi connectivity index (χ1n) is 6.26. The molecule has 0 saturated carbocycles. The van der Waals surface area contributed by atoms with Crippen molar-refractivity contribution in [1.82, 2.24) is 5.32 Å². The number of hydrogen-bond donors (Lipinski definition) is 1. The number of hydrogen-bond acceptors (Lipinski definition) is 1. The summed E-state index contributed by atoms with van der Waals surface area (Å²) >= 11 is 3.55. The van der Waals surface area contributed by atoms with Gasteiger partial charge < -0.3 is 5.32 Å². The first-order valence-corrected chi connectivity index (χ1v) is 7.06. The lowest BCUT2D eigenvalue weighted by molar-refractivity contribution is 0.630. The van der Waals surface area contributed by atoms with Gasteiger partial charge in [0, 0.05) is 4.47 Å². The molecule has 1 nitrogen and oxygen atoms in total. The Bertz CT molecular complexity index is 508. The van der Waals surface area contributed by atoms with Crippen molar-refractivity contribution in [2.45, 2.75) is 19.9 Å². The third-order valence-corrected chi connectivity index (χ3v) is 3.95. The molecule has 0 aromatic heterocycles. The number of benzene rings is 2. The predicted octanol–water partition coefficient (Wildman–Crippen LogP) is 4.46. The summed E-state index contributed by atoms with van der Waals surface area (Å²) < 4.78 is 1.16. The summed E-state index contributed by atoms with van der Waals surface area (Å²) in [6.45, 7) is 5.22. The van der Waals surface area contributed by atoms with Crippen molar-refractivity contribution < 1.29 is 0 Å². The fraction of sp³-hybridized carbons (Fsp3) is 0.250. The minimum Gasteiger partial charge on any atom is -0.307 e. The van der Waals surface area contributed by atoms with Gasteiger partial charge in [-0.05, 0) is 36.2 Å². The van der Waals surface area contributed by atoms with Gasteiger partial charge in [0.1, 0.15) is 0 Å². The maximum absolute atomic E-state index is 3.55. The molecule has 0 amide bonds. The molecular formula is C16H18BrN. The fourth-order valence-electron chi connectivity index (χ4n) is 2.13. The zero-order chi connectivity index (χ0) is 13.0. The van der Waals surface area contributed by atoms with Crippen LogP contribution in [-0.4, -0.2) is 6.54 Å². The van der Waals surface area contributed by atoms with E-state index < -0.39 is 0 Å². The van der Waals surface area contributed by atoms with Crippen LogP contribution in [0.1, 0.15) is 29.7 Å². The van der Waals surface area contributed by atoms with E-state index >= 15 is 0 Å². The van der Waals surface area contributed by atoms with E-state index in [0.29, 0.717) is 0 Å². The van der Waals surface area contributed by atoms with Gasteiger partial charge in [-0.1, -0.05) is 65.3 Å². The molecule has 2 aromatic carbocycles. The molecule has 1 atom stereocenters. The van der Waals surface area contributed by atoms with E-state index in [0.717, 1.165) is 11.0 Å². The van der Waals surface area contributed by atoms with Crippen LogP contribution < -0.4 is 5.32 Å². The summed E-state index contributed by atoms with van der Waals surface area (Å²) in [4.78, 5) is 0. The van der Waals surface area contributed by atoms with Crippen LogP contribution in [-0.2, 0) is 0 Å². The van der Waals surface area contributed by atoms with E-state index in [9.17, 15) is 0 Å². The second kappa shape index (κ2) is 6.17. The topological polar surface area (TPSA) is 12.0 Å². The van der Waals surface area contributed by atoms with Crippen molar-refractivity contribution in [2.75, 3.05) is 6.54 Å². The number of halogens is 1. The van der Waals surface area contributed by atoms with Gasteiger partial charge >= 0.3 is 0 Å². The summed E-state index contributed by atoms with van der Waals surface area (Å²) in [6.07, 6.45) is 0. The molecule has 0 spiro atoms. The minimum atomic E-state index is 0.267. The Kier molecular flexibility index (Phi) is 4.56. The number of rotatable bonds is 4. The summed E-state index contributed by atoms with van der Waals surface area (Å²) in [5.74, 6) is 0. The van der Waals surface area contributed by atoms with Gasteiger partial charge in [0.25, 0.3) is 0 Å². The van der Waals surface area contributed by atoms with Gasteiger partial charge in [-0.3, -0.25) is 0 Å². The molecule has 2 heteroatoms. The molecule has 18 heavy (non-hydrogen) atoms. The molecule has 2 aromatic rings. The van der Waals surface area contributed by atoms with Gasteiger partial charge in [-0.15, -0.1) is 0 Å². The van der Waals surface area contributed by atoms with Crippen LogP contribution in [0, 0.1) is 6.92 Å². The number of nitrogens with one attached hydrogen (secondary N) is 1. The zero-order valence-electron chi connectivity index (χ0n) is 10.8. The highest BCUT2D eigenvalue weighted by Gasteiger charge is 2.12. The zero-order valence-corrected chi connectivity index (χ0v) is 12.4. The Morgan fingerprint density at radius 1 is 1.06 bits per heavy atom. The predicted molar refractivity (Wildman–Crippen MR) is 80.8 cm³/mol. The van der Waals surface area contributed by atoms with Gasteiger partial charge in [0.15, 0.2) is 0 Å². The smallest absolute Gasteiger partial charge is 0.0576 e. The Hall–Kier alpha value is -1.12. The van der Waals surface area contributed by atoms with Crippen LogP contribution in [0.25, 0.3) is 0 Å².